The number of benzene rings is 1. The Hall–Kier alpha value is -2.47. The SMILES string of the molecule is O=C(NCc1ccccc1)c1c(NC(=O)C2CC3CCCC(C2)C3=O)sc2c1CCCC2. The predicted molar refractivity (Wildman–Crippen MR) is 126 cm³/mol. The molecule has 1 aromatic heterocycles. The number of hydrogen-bond donors (Lipinski definition) is 2. The fraction of sp³-hybridized carbons (Fsp3) is 0.500. The summed E-state index contributed by atoms with van der Waals surface area (Å²) in [6, 6.07) is 9.87. The second-order valence-corrected chi connectivity index (χ2v) is 10.6. The third-order valence-corrected chi connectivity index (χ3v) is 8.56. The zero-order chi connectivity index (χ0) is 22.1. The molecule has 5 nitrogen and oxygen atoms in total. The minimum Gasteiger partial charge on any atom is -0.348 e. The van der Waals surface area contributed by atoms with Crippen LogP contribution in [-0.4, -0.2) is 17.6 Å². The summed E-state index contributed by atoms with van der Waals surface area (Å²) in [5.41, 5.74) is 2.81. The molecule has 1 heterocycles. The van der Waals surface area contributed by atoms with E-state index in [0.717, 1.165) is 56.1 Å². The van der Waals surface area contributed by atoms with Gasteiger partial charge >= 0.3 is 0 Å². The molecule has 2 N–H and O–H groups in total. The molecule has 32 heavy (non-hydrogen) atoms. The summed E-state index contributed by atoms with van der Waals surface area (Å²) in [5.74, 6) is 0.187. The number of rotatable bonds is 5. The third kappa shape index (κ3) is 4.25. The van der Waals surface area contributed by atoms with Crippen LogP contribution in [0.15, 0.2) is 30.3 Å². The standard InChI is InChI=1S/C26H30N2O3S/c29-23-17-9-6-10-18(23)14-19(13-17)24(30)28-26-22(20-11-4-5-12-21(20)32-26)25(31)27-15-16-7-2-1-3-8-16/h1-3,7-8,17-19H,4-6,9-15H2,(H,27,31)(H,28,30). The molecule has 3 aliphatic carbocycles. The van der Waals surface area contributed by atoms with Gasteiger partial charge < -0.3 is 10.6 Å². The van der Waals surface area contributed by atoms with Crippen molar-refractivity contribution in [1.29, 1.82) is 0 Å². The second-order valence-electron chi connectivity index (χ2n) is 9.47. The third-order valence-electron chi connectivity index (χ3n) is 7.35. The first-order chi connectivity index (χ1) is 15.6. The van der Waals surface area contributed by atoms with E-state index < -0.39 is 0 Å². The molecular formula is C26H30N2O3S. The first-order valence-electron chi connectivity index (χ1n) is 11.9. The van der Waals surface area contributed by atoms with Gasteiger partial charge in [-0.3, -0.25) is 14.4 Å². The monoisotopic (exact) mass is 450 g/mol. The number of amides is 2. The van der Waals surface area contributed by atoms with Gasteiger partial charge in [0.25, 0.3) is 5.91 Å². The average molecular weight is 451 g/mol. The van der Waals surface area contributed by atoms with E-state index in [0.29, 0.717) is 35.7 Å². The van der Waals surface area contributed by atoms with E-state index in [9.17, 15) is 14.4 Å². The molecule has 2 saturated carbocycles. The Morgan fingerprint density at radius 3 is 2.44 bits per heavy atom. The number of fused-ring (bicyclic) bond motifs is 3. The van der Waals surface area contributed by atoms with E-state index in [1.54, 1.807) is 11.3 Å². The molecule has 2 bridgehead atoms. The molecule has 0 radical (unpaired) electrons. The summed E-state index contributed by atoms with van der Waals surface area (Å²) in [5, 5.41) is 6.87. The lowest BCUT2D eigenvalue weighted by Gasteiger charge is -2.36. The minimum atomic E-state index is -0.137. The maximum Gasteiger partial charge on any atom is 0.254 e. The van der Waals surface area contributed by atoms with Crippen LogP contribution in [0.4, 0.5) is 5.00 Å². The van der Waals surface area contributed by atoms with Crippen molar-refractivity contribution in [2.24, 2.45) is 17.8 Å². The van der Waals surface area contributed by atoms with Crippen molar-refractivity contribution in [3.05, 3.63) is 51.9 Å². The molecule has 2 amide bonds. The van der Waals surface area contributed by atoms with Gasteiger partial charge in [-0.2, -0.15) is 0 Å². The zero-order valence-electron chi connectivity index (χ0n) is 18.3. The molecule has 2 fully saturated rings. The normalized spacial score (nSPS) is 24.5. The fourth-order valence-electron chi connectivity index (χ4n) is 5.67. The first-order valence-corrected chi connectivity index (χ1v) is 12.7. The second kappa shape index (κ2) is 9.18. The van der Waals surface area contributed by atoms with Gasteiger partial charge in [0.05, 0.1) is 5.56 Å². The summed E-state index contributed by atoms with van der Waals surface area (Å²) in [6.45, 7) is 0.464. The molecule has 0 spiro atoms. The number of carbonyl (C=O) groups excluding carboxylic acids is 3. The van der Waals surface area contributed by atoms with Gasteiger partial charge in [0.15, 0.2) is 0 Å². The Labute approximate surface area is 193 Å². The summed E-state index contributed by atoms with van der Waals surface area (Å²) < 4.78 is 0. The van der Waals surface area contributed by atoms with E-state index in [-0.39, 0.29) is 29.6 Å². The Balaban J connectivity index is 1.34. The number of thiophene rings is 1. The molecule has 5 rings (SSSR count). The summed E-state index contributed by atoms with van der Waals surface area (Å²) in [4.78, 5) is 40.1. The highest BCUT2D eigenvalue weighted by Crippen LogP contribution is 2.42. The van der Waals surface area contributed by atoms with Crippen LogP contribution in [0.5, 0.6) is 0 Å². The maximum atomic E-state index is 13.2. The lowest BCUT2D eigenvalue weighted by molar-refractivity contribution is -0.136. The molecular weight excluding hydrogens is 420 g/mol. The minimum absolute atomic E-state index is 0.0230. The van der Waals surface area contributed by atoms with Crippen molar-refractivity contribution in [3.8, 4) is 0 Å². The van der Waals surface area contributed by atoms with Crippen molar-refractivity contribution < 1.29 is 14.4 Å². The van der Waals surface area contributed by atoms with E-state index in [1.165, 1.54) is 4.88 Å². The van der Waals surface area contributed by atoms with Crippen LogP contribution < -0.4 is 10.6 Å². The van der Waals surface area contributed by atoms with Gasteiger partial charge in [0.1, 0.15) is 10.8 Å². The van der Waals surface area contributed by atoms with Gasteiger partial charge in [-0.05, 0) is 62.5 Å². The Kier molecular flexibility index (Phi) is 6.13. The quantitative estimate of drug-likeness (QED) is 0.681. The van der Waals surface area contributed by atoms with E-state index in [4.69, 9.17) is 0 Å². The van der Waals surface area contributed by atoms with Crippen LogP contribution in [0.25, 0.3) is 0 Å². The average Bonchev–Trinajstić information content (AvgIpc) is 3.15. The van der Waals surface area contributed by atoms with Crippen LogP contribution in [-0.2, 0) is 29.0 Å². The summed E-state index contributed by atoms with van der Waals surface area (Å²) in [7, 11) is 0. The number of aryl methyl sites for hydroxylation is 1. The molecule has 0 aliphatic heterocycles. The molecule has 0 saturated heterocycles. The number of Topliss-reactive ketones (excluding diaryl/α,β-unsaturated/α-hetero) is 1. The Morgan fingerprint density at radius 2 is 1.69 bits per heavy atom. The van der Waals surface area contributed by atoms with Gasteiger partial charge in [-0.15, -0.1) is 11.3 Å². The Morgan fingerprint density at radius 1 is 0.969 bits per heavy atom. The molecule has 6 heteroatoms. The number of nitrogens with one attached hydrogen (secondary N) is 2. The summed E-state index contributed by atoms with van der Waals surface area (Å²) in [6.07, 6.45) is 8.29. The highest BCUT2D eigenvalue weighted by molar-refractivity contribution is 7.17. The van der Waals surface area contributed by atoms with Gasteiger partial charge in [0.2, 0.25) is 5.91 Å². The molecule has 2 unspecified atom stereocenters. The van der Waals surface area contributed by atoms with Crippen LogP contribution >= 0.6 is 11.3 Å². The molecule has 1 aromatic carbocycles. The molecule has 168 valence electrons. The zero-order valence-corrected chi connectivity index (χ0v) is 19.1. The van der Waals surface area contributed by atoms with Crippen molar-refractivity contribution in [2.45, 2.75) is 64.3 Å². The largest absolute Gasteiger partial charge is 0.348 e. The lowest BCUT2D eigenvalue weighted by atomic mass is 9.67. The summed E-state index contributed by atoms with van der Waals surface area (Å²) >= 11 is 1.57. The van der Waals surface area contributed by atoms with Gasteiger partial charge in [-0.25, -0.2) is 0 Å². The number of anilines is 1. The van der Waals surface area contributed by atoms with Crippen LogP contribution in [0.2, 0.25) is 0 Å². The van der Waals surface area contributed by atoms with E-state index >= 15 is 0 Å². The smallest absolute Gasteiger partial charge is 0.254 e. The van der Waals surface area contributed by atoms with Crippen LogP contribution in [0.1, 0.15) is 71.3 Å². The van der Waals surface area contributed by atoms with E-state index in [2.05, 4.69) is 10.6 Å². The first kappa shape index (κ1) is 21.4. The van der Waals surface area contributed by atoms with Crippen LogP contribution in [0.3, 0.4) is 0 Å². The number of ketones is 1. The van der Waals surface area contributed by atoms with Crippen molar-refractivity contribution in [3.63, 3.8) is 0 Å². The van der Waals surface area contributed by atoms with Gasteiger partial charge in [0, 0.05) is 29.2 Å². The Bertz CT molecular complexity index is 1010. The highest BCUT2D eigenvalue weighted by Gasteiger charge is 2.41. The van der Waals surface area contributed by atoms with E-state index in [1.807, 2.05) is 30.3 Å². The molecule has 2 aromatic rings. The molecule has 2 atom stereocenters. The maximum absolute atomic E-state index is 13.2. The lowest BCUT2D eigenvalue weighted by Crippen LogP contribution is -2.40. The van der Waals surface area contributed by atoms with Gasteiger partial charge in [-0.1, -0.05) is 36.8 Å². The highest BCUT2D eigenvalue weighted by atomic mass is 32.1. The van der Waals surface area contributed by atoms with Crippen LogP contribution in [0, 0.1) is 17.8 Å². The molecule has 3 aliphatic rings. The number of hydrogen-bond acceptors (Lipinski definition) is 4. The topological polar surface area (TPSA) is 75.3 Å². The number of carbonyl (C=O) groups is 3. The van der Waals surface area contributed by atoms with Crippen molar-refractivity contribution >= 4 is 33.9 Å². The predicted octanol–water partition coefficient (Wildman–Crippen LogP) is 4.89. The fourth-order valence-corrected chi connectivity index (χ4v) is 6.96. The van der Waals surface area contributed by atoms with Crippen molar-refractivity contribution in [1.82, 2.24) is 5.32 Å². The van der Waals surface area contributed by atoms with Crippen molar-refractivity contribution in [2.75, 3.05) is 5.32 Å².